The predicted octanol–water partition coefficient (Wildman–Crippen LogP) is 23.2. The molecule has 0 aliphatic heterocycles. The van der Waals surface area contributed by atoms with E-state index in [2.05, 4.69) is 298 Å². The minimum absolute atomic E-state index is 0.279. The Hall–Kier alpha value is -12.1. The summed E-state index contributed by atoms with van der Waals surface area (Å²) in [5, 5.41) is 0. The van der Waals surface area contributed by atoms with Gasteiger partial charge in [-0.1, -0.05) is 241 Å². The van der Waals surface area contributed by atoms with Crippen molar-refractivity contribution in [2.45, 2.75) is 89.8 Å². The molecule has 0 spiro atoms. The molecule has 0 fully saturated rings. The standard InChI is InChI=1S/3C21H22N.2C20H20N/c2*1-15-10-11-19(16(2)12-15)21-13-20(17(3)14-22(21)4)18-8-6-5-7-9-18;1-15-10-11-19(16(2)12-15)21-13-17(3)20(14-22(21)4)18-8-6-5-7-9-18;2*1-15-9-7-8-12-18(15)20-13-19(16(2)14-21(20)3)17-10-5-4-6-11-17/h3*5-14H,1-4H3;2*4-14H,1-3H3/q5*+1/i1D3,3D3;;;2D3;. The first kappa shape index (κ1) is 65.5. The lowest BCUT2D eigenvalue weighted by atomic mass is 9.97. The maximum Gasteiger partial charge on any atom is 0.213 e. The van der Waals surface area contributed by atoms with Crippen molar-refractivity contribution in [1.82, 2.24) is 0 Å². The summed E-state index contributed by atoms with van der Waals surface area (Å²) >= 11 is 0. The summed E-state index contributed by atoms with van der Waals surface area (Å²) in [4.78, 5) is 0. The first-order valence-electron chi connectivity index (χ1n) is 41.4. The van der Waals surface area contributed by atoms with Gasteiger partial charge in [0.1, 0.15) is 35.2 Å². The fraction of sp³-hybridized carbons (Fsp3) is 0.175. The minimum Gasteiger partial charge on any atom is -0.201 e. The van der Waals surface area contributed by atoms with Gasteiger partial charge < -0.3 is 0 Å². The predicted molar refractivity (Wildman–Crippen MR) is 454 cm³/mol. The zero-order valence-electron chi connectivity index (χ0n) is 74.3. The maximum atomic E-state index is 7.93. The Kier molecular flexibility index (Phi) is 21.4. The molecule has 0 bridgehead atoms. The fourth-order valence-corrected chi connectivity index (χ4v) is 14.3. The molecule has 5 heteroatoms. The van der Waals surface area contributed by atoms with Gasteiger partial charge in [-0.3, -0.25) is 0 Å². The van der Waals surface area contributed by atoms with E-state index in [-0.39, 0.29) is 5.56 Å². The second-order valence-corrected chi connectivity index (χ2v) is 28.4. The van der Waals surface area contributed by atoms with E-state index < -0.39 is 20.6 Å². The molecule has 108 heavy (non-hydrogen) atoms. The van der Waals surface area contributed by atoms with Crippen LogP contribution >= 0.6 is 0 Å². The molecule has 0 aliphatic carbocycles. The Labute approximate surface area is 657 Å². The molecule has 15 aromatic rings. The SMILES string of the molecule is Cc1c[n+](C)c(-c2ccccc2C)cc1-c1ccccc1.Cc1ccc(-c2cc(-c3ccccc3)c(C)c[n+]2C)c(C)c1.Cc1ccc(-c2cc(C)c(-c3ccccc3)c[n+]2C)c(C)c1.[2H]C([2H])([2H])c1c[n+](C)c(-c2ccccc2C)cc1-c1ccccc1.[2H]C([2H])([2H])c1ccc(-c2cc(-c3ccccc3)c(C([2H])([2H])[2H])c[n+]2C)c(C)c1. The monoisotopic (exact) mass is 1420 g/mol. The zero-order chi connectivity index (χ0) is 84.2. The van der Waals surface area contributed by atoms with Crippen LogP contribution in [0.25, 0.3) is 112 Å². The second-order valence-electron chi connectivity index (χ2n) is 28.4. The summed E-state index contributed by atoms with van der Waals surface area (Å²) in [7, 11) is 10.1. The zero-order valence-corrected chi connectivity index (χ0v) is 65.3. The van der Waals surface area contributed by atoms with Crippen molar-refractivity contribution >= 4 is 0 Å². The molecule has 538 valence electrons. The third kappa shape index (κ3) is 18.6. The van der Waals surface area contributed by atoms with E-state index in [1.54, 1.807) is 42.2 Å². The summed E-state index contributed by atoms with van der Waals surface area (Å²) in [6.45, 7) is 14.7. The van der Waals surface area contributed by atoms with Crippen LogP contribution < -0.4 is 22.8 Å². The first-order valence-corrected chi connectivity index (χ1v) is 36.9. The van der Waals surface area contributed by atoms with E-state index >= 15 is 0 Å². The number of rotatable bonds is 10. The van der Waals surface area contributed by atoms with Crippen molar-refractivity contribution < 1.29 is 35.2 Å². The highest BCUT2D eigenvalue weighted by Crippen LogP contribution is 2.34. The average molecular weight is 1420 g/mol. The average Bonchev–Trinajstić information content (AvgIpc) is 0.766. The topological polar surface area (TPSA) is 19.4 Å². The molecule has 5 aromatic heterocycles. The van der Waals surface area contributed by atoms with E-state index in [1.165, 1.54) is 112 Å². The van der Waals surface area contributed by atoms with Crippen molar-refractivity contribution in [3.8, 4) is 112 Å². The molecule has 0 amide bonds. The molecular formula is C103H106N5+5. The number of hydrogen-bond donors (Lipinski definition) is 0. The van der Waals surface area contributed by atoms with Gasteiger partial charge in [0.05, 0.1) is 0 Å². The van der Waals surface area contributed by atoms with Crippen molar-refractivity contribution in [3.63, 3.8) is 0 Å². The third-order valence-corrected chi connectivity index (χ3v) is 20.1. The lowest BCUT2D eigenvalue weighted by Crippen LogP contribution is -2.31. The Morgan fingerprint density at radius 3 is 0.722 bits per heavy atom. The van der Waals surface area contributed by atoms with Gasteiger partial charge >= 0.3 is 0 Å². The molecule has 15 rings (SSSR count). The van der Waals surface area contributed by atoms with Gasteiger partial charge in [-0.2, -0.15) is 0 Å². The number of pyridine rings is 5. The highest BCUT2D eigenvalue weighted by atomic mass is 14.9. The van der Waals surface area contributed by atoms with Gasteiger partial charge in [0.2, 0.25) is 28.5 Å². The molecule has 0 saturated carbocycles. The molecule has 0 atom stereocenters. The van der Waals surface area contributed by atoms with Gasteiger partial charge in [-0.15, -0.1) is 0 Å². The number of benzene rings is 10. The smallest absolute Gasteiger partial charge is 0.201 e. The molecule has 0 saturated heterocycles. The molecular weight excluding hydrogens is 1310 g/mol. The largest absolute Gasteiger partial charge is 0.213 e. The van der Waals surface area contributed by atoms with Crippen LogP contribution in [0, 0.1) is 89.8 Å². The summed E-state index contributed by atoms with van der Waals surface area (Å²) in [6, 6.07) is 96.7. The molecule has 5 heterocycles. The van der Waals surface area contributed by atoms with Crippen LogP contribution in [-0.4, -0.2) is 0 Å². The number of nitrogens with zero attached hydrogens (tertiary/aromatic N) is 5. The summed E-state index contributed by atoms with van der Waals surface area (Å²) in [5.74, 6) is 0. The molecule has 0 N–H and O–H groups in total. The van der Waals surface area contributed by atoms with E-state index in [0.717, 1.165) is 50.3 Å². The van der Waals surface area contributed by atoms with E-state index in [0.29, 0.717) is 16.7 Å². The quantitative estimate of drug-likeness (QED) is 0.122. The molecule has 0 radical (unpaired) electrons. The Bertz CT molecular complexity index is 6000. The molecule has 5 nitrogen and oxygen atoms in total. The minimum atomic E-state index is -2.25. The third-order valence-electron chi connectivity index (χ3n) is 20.1. The van der Waals surface area contributed by atoms with Crippen molar-refractivity contribution in [2.75, 3.05) is 0 Å². The van der Waals surface area contributed by atoms with Gasteiger partial charge in [0.25, 0.3) is 0 Å². The van der Waals surface area contributed by atoms with Crippen LogP contribution in [0.2, 0.25) is 0 Å². The summed E-state index contributed by atoms with van der Waals surface area (Å²) in [6.07, 6.45) is 10.0. The first-order chi connectivity index (χ1) is 55.6. The van der Waals surface area contributed by atoms with Crippen LogP contribution in [-0.2, 0) is 35.2 Å². The lowest BCUT2D eigenvalue weighted by Gasteiger charge is -2.10. The summed E-state index contributed by atoms with van der Waals surface area (Å²) < 4.78 is 80.6. The number of aromatic nitrogens is 5. The second kappa shape index (κ2) is 35.4. The Morgan fingerprint density at radius 1 is 0.176 bits per heavy atom. The van der Waals surface area contributed by atoms with Crippen molar-refractivity contribution in [1.29, 1.82) is 0 Å². The van der Waals surface area contributed by atoms with Gasteiger partial charge in [-0.25, -0.2) is 22.8 Å². The van der Waals surface area contributed by atoms with Crippen LogP contribution in [0.1, 0.15) is 84.7 Å². The highest BCUT2D eigenvalue weighted by Gasteiger charge is 2.22. The lowest BCUT2D eigenvalue weighted by molar-refractivity contribution is -0.660. The van der Waals surface area contributed by atoms with Gasteiger partial charge in [0, 0.05) is 98.3 Å². The molecule has 0 aliphatic rings. The number of aryl methyl sites for hydroxylation is 18. The Balaban J connectivity index is 0.000000144. The fourth-order valence-electron chi connectivity index (χ4n) is 14.3. The normalized spacial score (nSPS) is 12.3. The van der Waals surface area contributed by atoms with E-state index in [1.807, 2.05) is 103 Å². The van der Waals surface area contributed by atoms with Crippen molar-refractivity contribution in [3.05, 3.63) is 388 Å². The van der Waals surface area contributed by atoms with E-state index in [4.69, 9.17) is 12.3 Å². The van der Waals surface area contributed by atoms with Crippen LogP contribution in [0.3, 0.4) is 0 Å². The van der Waals surface area contributed by atoms with Crippen LogP contribution in [0.15, 0.2) is 316 Å². The summed E-state index contributed by atoms with van der Waals surface area (Å²) in [5.41, 5.74) is 35.6. The number of hydrogen-bond acceptors (Lipinski definition) is 0. The van der Waals surface area contributed by atoms with Gasteiger partial charge in [-0.05, 0) is 204 Å². The molecule has 10 aromatic carbocycles. The van der Waals surface area contributed by atoms with Crippen molar-refractivity contribution in [2.24, 2.45) is 35.2 Å². The highest BCUT2D eigenvalue weighted by molar-refractivity contribution is 5.77. The van der Waals surface area contributed by atoms with Crippen LogP contribution in [0.5, 0.6) is 0 Å². The Morgan fingerprint density at radius 2 is 0.417 bits per heavy atom. The van der Waals surface area contributed by atoms with Gasteiger partial charge in [0.15, 0.2) is 31.0 Å². The van der Waals surface area contributed by atoms with Crippen LogP contribution in [0.4, 0.5) is 0 Å². The maximum absolute atomic E-state index is 7.93. The van der Waals surface area contributed by atoms with E-state index in [9.17, 15) is 0 Å². The molecule has 0 unspecified atom stereocenters.